The van der Waals surface area contributed by atoms with Crippen molar-refractivity contribution < 1.29 is 14.7 Å². The minimum Gasteiger partial charge on any atom is -0.481 e. The van der Waals surface area contributed by atoms with Crippen LogP contribution in [0.2, 0.25) is 0 Å². The Balaban J connectivity index is 1.72. The van der Waals surface area contributed by atoms with Crippen LogP contribution in [0.15, 0.2) is 0 Å². The molecule has 0 aromatic carbocycles. The van der Waals surface area contributed by atoms with Gasteiger partial charge in [0.05, 0.1) is 12.5 Å². The average Bonchev–Trinajstić information content (AvgIpc) is 2.90. The minimum atomic E-state index is -0.702. The zero-order valence-electron chi connectivity index (χ0n) is 10.7. The van der Waals surface area contributed by atoms with Crippen LogP contribution in [0.4, 0.5) is 0 Å². The highest BCUT2D eigenvalue weighted by atomic mass is 16.4. The third-order valence-electron chi connectivity index (χ3n) is 4.02. The Morgan fingerprint density at radius 2 is 1.89 bits per heavy atom. The van der Waals surface area contributed by atoms with Crippen LogP contribution < -0.4 is 5.32 Å². The SMILES string of the molecule is O=C(O)C1CCCC(NCC(=O)N2CCCC2)C1. The Morgan fingerprint density at radius 3 is 2.56 bits per heavy atom. The zero-order chi connectivity index (χ0) is 13.0. The standard InChI is InChI=1S/C13H22N2O3/c16-12(15-6-1-2-7-15)9-14-11-5-3-4-10(8-11)13(17)18/h10-11,14H,1-9H2,(H,17,18). The molecule has 2 atom stereocenters. The van der Waals surface area contributed by atoms with Crippen molar-refractivity contribution in [3.8, 4) is 0 Å². The topological polar surface area (TPSA) is 69.6 Å². The summed E-state index contributed by atoms with van der Waals surface area (Å²) in [6, 6.07) is 0.186. The molecule has 0 aromatic heterocycles. The van der Waals surface area contributed by atoms with Crippen molar-refractivity contribution in [1.82, 2.24) is 10.2 Å². The quantitative estimate of drug-likeness (QED) is 0.780. The molecule has 18 heavy (non-hydrogen) atoms. The molecule has 0 radical (unpaired) electrons. The van der Waals surface area contributed by atoms with E-state index < -0.39 is 5.97 Å². The second kappa shape index (κ2) is 6.18. The molecule has 5 heteroatoms. The number of hydrogen-bond acceptors (Lipinski definition) is 3. The first-order valence-corrected chi connectivity index (χ1v) is 6.91. The van der Waals surface area contributed by atoms with E-state index in [1.807, 2.05) is 4.90 Å². The molecule has 2 unspecified atom stereocenters. The lowest BCUT2D eigenvalue weighted by Crippen LogP contribution is -2.43. The highest BCUT2D eigenvalue weighted by molar-refractivity contribution is 5.78. The van der Waals surface area contributed by atoms with E-state index in [-0.39, 0.29) is 17.9 Å². The van der Waals surface area contributed by atoms with Gasteiger partial charge in [0, 0.05) is 19.1 Å². The first-order valence-electron chi connectivity index (χ1n) is 6.91. The molecule has 5 nitrogen and oxygen atoms in total. The van der Waals surface area contributed by atoms with Gasteiger partial charge in [-0.3, -0.25) is 9.59 Å². The summed E-state index contributed by atoms with van der Waals surface area (Å²) < 4.78 is 0. The second-order valence-corrected chi connectivity index (χ2v) is 5.37. The van der Waals surface area contributed by atoms with E-state index in [9.17, 15) is 9.59 Å². The number of hydrogen-bond donors (Lipinski definition) is 2. The molecule has 1 amide bonds. The summed E-state index contributed by atoms with van der Waals surface area (Å²) in [6.45, 7) is 2.11. The van der Waals surface area contributed by atoms with Gasteiger partial charge in [-0.25, -0.2) is 0 Å². The van der Waals surface area contributed by atoms with E-state index in [4.69, 9.17) is 5.11 Å². The Bertz CT molecular complexity index is 313. The predicted molar refractivity (Wildman–Crippen MR) is 67.2 cm³/mol. The van der Waals surface area contributed by atoms with Crippen molar-refractivity contribution in [2.24, 2.45) is 5.92 Å². The number of carboxylic acid groups (broad SMARTS) is 1. The fourth-order valence-electron chi connectivity index (χ4n) is 2.91. The third kappa shape index (κ3) is 3.45. The van der Waals surface area contributed by atoms with Crippen LogP contribution in [0.25, 0.3) is 0 Å². The van der Waals surface area contributed by atoms with E-state index in [0.29, 0.717) is 13.0 Å². The Hall–Kier alpha value is -1.10. The number of carboxylic acids is 1. The van der Waals surface area contributed by atoms with E-state index in [0.717, 1.165) is 45.2 Å². The van der Waals surface area contributed by atoms with Crippen LogP contribution in [0.1, 0.15) is 38.5 Å². The van der Waals surface area contributed by atoms with Gasteiger partial charge in [-0.2, -0.15) is 0 Å². The predicted octanol–water partition coefficient (Wildman–Crippen LogP) is 0.842. The smallest absolute Gasteiger partial charge is 0.306 e. The van der Waals surface area contributed by atoms with Gasteiger partial charge in [0.1, 0.15) is 0 Å². The summed E-state index contributed by atoms with van der Waals surface area (Å²) in [5.41, 5.74) is 0. The number of carbonyl (C=O) groups is 2. The van der Waals surface area contributed by atoms with Crippen molar-refractivity contribution in [3.63, 3.8) is 0 Å². The van der Waals surface area contributed by atoms with E-state index in [1.54, 1.807) is 0 Å². The first kappa shape index (κ1) is 13.3. The Morgan fingerprint density at radius 1 is 1.17 bits per heavy atom. The Kier molecular flexibility index (Phi) is 4.58. The summed E-state index contributed by atoms with van der Waals surface area (Å²) in [4.78, 5) is 24.7. The lowest BCUT2D eigenvalue weighted by atomic mass is 9.86. The van der Waals surface area contributed by atoms with Crippen molar-refractivity contribution in [2.75, 3.05) is 19.6 Å². The van der Waals surface area contributed by atoms with Crippen LogP contribution in [0.5, 0.6) is 0 Å². The number of rotatable bonds is 4. The summed E-state index contributed by atoms with van der Waals surface area (Å²) in [7, 11) is 0. The molecule has 2 rings (SSSR count). The van der Waals surface area contributed by atoms with Crippen molar-refractivity contribution in [3.05, 3.63) is 0 Å². The molecule has 0 spiro atoms. The van der Waals surface area contributed by atoms with Gasteiger partial charge in [0.25, 0.3) is 0 Å². The molecule has 102 valence electrons. The molecule has 1 aliphatic heterocycles. The normalized spacial score (nSPS) is 28.3. The number of nitrogens with one attached hydrogen (secondary N) is 1. The maximum absolute atomic E-state index is 11.9. The van der Waals surface area contributed by atoms with E-state index in [1.165, 1.54) is 0 Å². The van der Waals surface area contributed by atoms with Crippen molar-refractivity contribution in [1.29, 1.82) is 0 Å². The van der Waals surface area contributed by atoms with Crippen LogP contribution in [-0.2, 0) is 9.59 Å². The van der Waals surface area contributed by atoms with Gasteiger partial charge in [0.2, 0.25) is 5.91 Å². The molecular formula is C13H22N2O3. The van der Waals surface area contributed by atoms with Gasteiger partial charge in [-0.15, -0.1) is 0 Å². The van der Waals surface area contributed by atoms with Gasteiger partial charge in [0.15, 0.2) is 0 Å². The lowest BCUT2D eigenvalue weighted by molar-refractivity contribution is -0.143. The molecule has 1 saturated carbocycles. The fraction of sp³-hybridized carbons (Fsp3) is 0.846. The highest BCUT2D eigenvalue weighted by Crippen LogP contribution is 2.24. The summed E-state index contributed by atoms with van der Waals surface area (Å²) in [6.07, 6.45) is 5.56. The average molecular weight is 254 g/mol. The molecule has 1 heterocycles. The fourth-order valence-corrected chi connectivity index (χ4v) is 2.91. The maximum Gasteiger partial charge on any atom is 0.306 e. The number of carbonyl (C=O) groups excluding carboxylic acids is 1. The minimum absolute atomic E-state index is 0.157. The number of likely N-dealkylation sites (tertiary alicyclic amines) is 1. The zero-order valence-corrected chi connectivity index (χ0v) is 10.7. The molecule has 2 aliphatic rings. The van der Waals surface area contributed by atoms with Gasteiger partial charge in [-0.1, -0.05) is 6.42 Å². The first-order chi connectivity index (χ1) is 8.66. The monoisotopic (exact) mass is 254 g/mol. The molecule has 1 aliphatic carbocycles. The van der Waals surface area contributed by atoms with Gasteiger partial charge >= 0.3 is 5.97 Å². The lowest BCUT2D eigenvalue weighted by Gasteiger charge is -2.28. The largest absolute Gasteiger partial charge is 0.481 e. The van der Waals surface area contributed by atoms with Crippen LogP contribution in [0.3, 0.4) is 0 Å². The number of amides is 1. The molecule has 2 N–H and O–H groups in total. The summed E-state index contributed by atoms with van der Waals surface area (Å²) in [5.74, 6) is -0.782. The molecule has 0 aromatic rings. The Labute approximate surface area is 108 Å². The molecule has 0 bridgehead atoms. The number of aliphatic carboxylic acids is 1. The summed E-state index contributed by atoms with van der Waals surface area (Å²) >= 11 is 0. The van der Waals surface area contributed by atoms with Crippen LogP contribution in [-0.4, -0.2) is 47.6 Å². The highest BCUT2D eigenvalue weighted by Gasteiger charge is 2.27. The maximum atomic E-state index is 11.9. The van der Waals surface area contributed by atoms with E-state index >= 15 is 0 Å². The van der Waals surface area contributed by atoms with Crippen molar-refractivity contribution in [2.45, 2.75) is 44.6 Å². The van der Waals surface area contributed by atoms with Crippen LogP contribution in [0, 0.1) is 5.92 Å². The van der Waals surface area contributed by atoms with Crippen molar-refractivity contribution >= 4 is 11.9 Å². The number of nitrogens with zero attached hydrogens (tertiary/aromatic N) is 1. The second-order valence-electron chi connectivity index (χ2n) is 5.37. The molecule has 1 saturated heterocycles. The van der Waals surface area contributed by atoms with Gasteiger partial charge in [-0.05, 0) is 32.1 Å². The molecular weight excluding hydrogens is 232 g/mol. The summed E-state index contributed by atoms with van der Waals surface area (Å²) in [5, 5.41) is 12.2. The van der Waals surface area contributed by atoms with Gasteiger partial charge < -0.3 is 15.3 Å². The van der Waals surface area contributed by atoms with E-state index in [2.05, 4.69) is 5.32 Å². The third-order valence-corrected chi connectivity index (χ3v) is 4.02. The molecule has 2 fully saturated rings. The van der Waals surface area contributed by atoms with Crippen LogP contribution >= 0.6 is 0 Å².